The molecule has 152 valence electrons. The molecule has 5 nitrogen and oxygen atoms in total. The minimum absolute atomic E-state index is 0. The maximum Gasteiger partial charge on any atom is 0.262 e. The number of nitrogens with zero attached hydrogens (tertiary/aromatic N) is 2. The fourth-order valence-corrected chi connectivity index (χ4v) is 5.57. The SMILES string of the molecule is Br.Cc1ccc(/N=C2/SCC(O)(c3ccc(Cl)c(S(=O)(=O)Cl)c3)N2C)c(C)c1. The van der Waals surface area contributed by atoms with Crippen molar-refractivity contribution in [1.82, 2.24) is 4.90 Å². The van der Waals surface area contributed by atoms with E-state index < -0.39 is 14.8 Å². The van der Waals surface area contributed by atoms with E-state index in [9.17, 15) is 13.5 Å². The Bertz CT molecular complexity index is 1050. The largest absolute Gasteiger partial charge is 0.366 e. The van der Waals surface area contributed by atoms with Crippen LogP contribution in [0.1, 0.15) is 16.7 Å². The average molecular weight is 526 g/mol. The molecule has 0 spiro atoms. The first-order chi connectivity index (χ1) is 12.5. The summed E-state index contributed by atoms with van der Waals surface area (Å²) in [5.41, 5.74) is 1.96. The molecule has 0 amide bonds. The van der Waals surface area contributed by atoms with Gasteiger partial charge in [-0.15, -0.1) is 17.0 Å². The number of aliphatic imine (C=N–C) groups is 1. The van der Waals surface area contributed by atoms with Crippen LogP contribution in [0.25, 0.3) is 0 Å². The third-order valence-electron chi connectivity index (χ3n) is 4.47. The van der Waals surface area contributed by atoms with Crippen molar-refractivity contribution < 1.29 is 13.5 Å². The normalized spacial score (nSPS) is 21.1. The van der Waals surface area contributed by atoms with Gasteiger partial charge in [0.1, 0.15) is 4.90 Å². The first-order valence-corrected chi connectivity index (χ1v) is 11.7. The molecule has 1 aliphatic heterocycles. The Morgan fingerprint density at radius 1 is 1.21 bits per heavy atom. The van der Waals surface area contributed by atoms with Gasteiger partial charge in [-0.05, 0) is 37.6 Å². The molecule has 1 unspecified atom stereocenters. The van der Waals surface area contributed by atoms with Crippen LogP contribution < -0.4 is 0 Å². The highest BCUT2D eigenvalue weighted by Gasteiger charge is 2.43. The first kappa shape index (κ1) is 23.5. The van der Waals surface area contributed by atoms with Crippen LogP contribution in [0, 0.1) is 13.8 Å². The number of hydrogen-bond donors (Lipinski definition) is 1. The van der Waals surface area contributed by atoms with Crippen molar-refractivity contribution in [2.24, 2.45) is 4.99 Å². The van der Waals surface area contributed by atoms with E-state index in [1.165, 1.54) is 23.9 Å². The van der Waals surface area contributed by atoms with Crippen LogP contribution in [0.15, 0.2) is 46.3 Å². The summed E-state index contributed by atoms with van der Waals surface area (Å²) in [6, 6.07) is 10.3. The molecule has 0 aliphatic carbocycles. The molecular weight excluding hydrogens is 507 g/mol. The van der Waals surface area contributed by atoms with Gasteiger partial charge >= 0.3 is 0 Å². The van der Waals surface area contributed by atoms with Gasteiger partial charge in [0.25, 0.3) is 9.05 Å². The van der Waals surface area contributed by atoms with E-state index in [2.05, 4.69) is 4.99 Å². The molecule has 1 fully saturated rings. The Labute approximate surface area is 188 Å². The minimum Gasteiger partial charge on any atom is -0.366 e. The van der Waals surface area contributed by atoms with Gasteiger partial charge in [0, 0.05) is 23.3 Å². The summed E-state index contributed by atoms with van der Waals surface area (Å²) in [7, 11) is 3.14. The second-order valence-electron chi connectivity index (χ2n) is 6.43. The third-order valence-corrected chi connectivity index (χ3v) is 7.44. The highest BCUT2D eigenvalue weighted by atomic mass is 79.9. The van der Waals surface area contributed by atoms with Crippen molar-refractivity contribution in [3.8, 4) is 0 Å². The molecule has 2 aromatic carbocycles. The summed E-state index contributed by atoms with van der Waals surface area (Å²) in [4.78, 5) is 6.07. The highest BCUT2D eigenvalue weighted by Crippen LogP contribution is 2.40. The Morgan fingerprint density at radius 3 is 2.50 bits per heavy atom. The van der Waals surface area contributed by atoms with E-state index in [-0.39, 0.29) is 32.7 Å². The fourth-order valence-electron chi connectivity index (χ4n) is 2.87. The second-order valence-corrected chi connectivity index (χ2v) is 10.3. The first-order valence-electron chi connectivity index (χ1n) is 8.02. The van der Waals surface area contributed by atoms with Crippen LogP contribution >= 0.6 is 51.0 Å². The lowest BCUT2D eigenvalue weighted by molar-refractivity contribution is -0.0349. The number of aliphatic hydroxyl groups is 1. The lowest BCUT2D eigenvalue weighted by Gasteiger charge is -2.31. The highest BCUT2D eigenvalue weighted by molar-refractivity contribution is 8.93. The third kappa shape index (κ3) is 4.52. The number of benzene rings is 2. The molecule has 2 aromatic rings. The van der Waals surface area contributed by atoms with Gasteiger partial charge in [-0.3, -0.25) is 0 Å². The summed E-state index contributed by atoms with van der Waals surface area (Å²) in [5.74, 6) is 0.288. The molecule has 1 atom stereocenters. The van der Waals surface area contributed by atoms with Crippen molar-refractivity contribution in [2.45, 2.75) is 24.5 Å². The molecule has 0 bridgehead atoms. The zero-order chi connectivity index (χ0) is 20.0. The Hall–Kier alpha value is -0.770. The minimum atomic E-state index is -4.03. The maximum absolute atomic E-state index is 11.7. The number of rotatable bonds is 3. The number of hydrogen-bond acceptors (Lipinski definition) is 5. The number of amidine groups is 1. The van der Waals surface area contributed by atoms with E-state index >= 15 is 0 Å². The lowest BCUT2D eigenvalue weighted by Crippen LogP contribution is -2.42. The summed E-state index contributed by atoms with van der Waals surface area (Å²) in [6.07, 6.45) is 0. The van der Waals surface area contributed by atoms with Crippen molar-refractivity contribution in [1.29, 1.82) is 0 Å². The van der Waals surface area contributed by atoms with E-state index in [0.717, 1.165) is 16.8 Å². The van der Waals surface area contributed by atoms with Crippen LogP contribution in [-0.2, 0) is 14.8 Å². The standard InChI is InChI=1S/C18H18Cl2N2O3S2.BrH/c1-11-4-7-15(12(2)8-11)21-17-22(3)18(23,10-26-17)13-5-6-14(19)16(9-13)27(20,24)25;/h4-9,23H,10H2,1-3H3;1H/b21-17+;. The predicted molar refractivity (Wildman–Crippen MR) is 122 cm³/mol. The molecule has 28 heavy (non-hydrogen) atoms. The smallest absolute Gasteiger partial charge is 0.262 e. The van der Waals surface area contributed by atoms with Gasteiger partial charge in [-0.25, -0.2) is 13.4 Å². The fraction of sp³-hybridized carbons (Fsp3) is 0.278. The summed E-state index contributed by atoms with van der Waals surface area (Å²) in [6.45, 7) is 4.00. The molecule has 0 aromatic heterocycles. The quantitative estimate of drug-likeness (QED) is 0.572. The molecule has 10 heteroatoms. The second kappa shape index (κ2) is 8.53. The van der Waals surface area contributed by atoms with E-state index in [0.29, 0.717) is 10.7 Å². The van der Waals surface area contributed by atoms with Gasteiger partial charge in [-0.1, -0.05) is 47.1 Å². The van der Waals surface area contributed by atoms with Crippen LogP contribution in [0.4, 0.5) is 5.69 Å². The number of thioether (sulfide) groups is 1. The van der Waals surface area contributed by atoms with Crippen LogP contribution in [0.2, 0.25) is 5.02 Å². The predicted octanol–water partition coefficient (Wildman–Crippen LogP) is 4.97. The molecule has 0 radical (unpaired) electrons. The zero-order valence-corrected chi connectivity index (χ0v) is 20.2. The van der Waals surface area contributed by atoms with Crippen LogP contribution in [0.5, 0.6) is 0 Å². The van der Waals surface area contributed by atoms with E-state index in [1.54, 1.807) is 18.0 Å². The lowest BCUT2D eigenvalue weighted by atomic mass is 10.0. The van der Waals surface area contributed by atoms with Crippen LogP contribution in [-0.4, -0.2) is 36.4 Å². The Morgan fingerprint density at radius 2 is 1.89 bits per heavy atom. The summed E-state index contributed by atoms with van der Waals surface area (Å²) < 4.78 is 23.5. The average Bonchev–Trinajstić information content (AvgIpc) is 2.86. The van der Waals surface area contributed by atoms with Gasteiger partial charge in [0.15, 0.2) is 10.9 Å². The summed E-state index contributed by atoms with van der Waals surface area (Å²) in [5, 5.41) is 11.9. The number of aryl methyl sites for hydroxylation is 2. The number of halogens is 3. The van der Waals surface area contributed by atoms with E-state index in [1.807, 2.05) is 32.0 Å². The topological polar surface area (TPSA) is 70.0 Å². The van der Waals surface area contributed by atoms with Gasteiger partial charge in [-0.2, -0.15) is 0 Å². The van der Waals surface area contributed by atoms with E-state index in [4.69, 9.17) is 22.3 Å². The van der Waals surface area contributed by atoms with Gasteiger partial charge < -0.3 is 10.0 Å². The monoisotopic (exact) mass is 524 g/mol. The molecule has 1 heterocycles. The van der Waals surface area contributed by atoms with Crippen molar-refractivity contribution >= 4 is 70.9 Å². The molecule has 1 N–H and O–H groups in total. The zero-order valence-electron chi connectivity index (χ0n) is 15.3. The van der Waals surface area contributed by atoms with Crippen molar-refractivity contribution in [3.05, 3.63) is 58.1 Å². The van der Waals surface area contributed by atoms with Gasteiger partial charge in [0.05, 0.1) is 16.5 Å². The Balaban J connectivity index is 0.00000280. The molecule has 3 rings (SSSR count). The van der Waals surface area contributed by atoms with Crippen LogP contribution in [0.3, 0.4) is 0 Å². The molecule has 1 saturated heterocycles. The molecule has 1 aliphatic rings. The molecule has 0 saturated carbocycles. The Kier molecular flexibility index (Phi) is 7.17. The van der Waals surface area contributed by atoms with Crippen molar-refractivity contribution in [3.63, 3.8) is 0 Å². The molecular formula is C18H19BrCl2N2O3S2. The maximum atomic E-state index is 11.7. The van der Waals surface area contributed by atoms with Crippen molar-refractivity contribution in [2.75, 3.05) is 12.8 Å². The van der Waals surface area contributed by atoms with Gasteiger partial charge in [0.2, 0.25) is 0 Å². The summed E-state index contributed by atoms with van der Waals surface area (Å²) >= 11 is 7.34.